The number of ether oxygens (including phenoxy) is 3. The molecular weight excluding hydrogens is 350 g/mol. The summed E-state index contributed by atoms with van der Waals surface area (Å²) in [4.78, 5) is 4.59. The highest BCUT2D eigenvalue weighted by molar-refractivity contribution is 7.99. The maximum absolute atomic E-state index is 10.1. The van der Waals surface area contributed by atoms with E-state index >= 15 is 0 Å². The average Bonchev–Trinajstić information content (AvgIpc) is 3.14. The van der Waals surface area contributed by atoms with Gasteiger partial charge in [-0.3, -0.25) is 0 Å². The van der Waals surface area contributed by atoms with Crippen molar-refractivity contribution in [3.63, 3.8) is 0 Å². The number of aromatic nitrogens is 1. The number of hydrogen-bond acceptors (Lipinski definition) is 6. The van der Waals surface area contributed by atoms with E-state index < -0.39 is 6.10 Å². The van der Waals surface area contributed by atoms with Crippen LogP contribution in [-0.4, -0.2) is 35.3 Å². The number of hydrogen-bond donors (Lipinski definition) is 1. The normalized spacial score (nSPS) is 13.9. The highest BCUT2D eigenvalue weighted by Crippen LogP contribution is 2.32. The molecule has 0 amide bonds. The molecule has 4 rings (SSSR count). The van der Waals surface area contributed by atoms with Gasteiger partial charge in [0.15, 0.2) is 11.5 Å². The van der Waals surface area contributed by atoms with Crippen molar-refractivity contribution in [2.75, 3.05) is 19.2 Å². The molecule has 1 aromatic heterocycles. The largest absolute Gasteiger partial charge is 0.454 e. The van der Waals surface area contributed by atoms with Crippen LogP contribution in [0, 0.1) is 0 Å². The van der Waals surface area contributed by atoms with Crippen LogP contribution in [0.1, 0.15) is 5.56 Å². The number of aliphatic hydroxyl groups is 1. The van der Waals surface area contributed by atoms with Gasteiger partial charge in [0.05, 0.1) is 29.9 Å². The molecule has 0 bridgehead atoms. The summed E-state index contributed by atoms with van der Waals surface area (Å²) in [5, 5.41) is 12.2. The molecule has 0 fully saturated rings. The van der Waals surface area contributed by atoms with E-state index in [0.717, 1.165) is 33.0 Å². The molecule has 5 nitrogen and oxygen atoms in total. The number of thioether (sulfide) groups is 1. The zero-order chi connectivity index (χ0) is 17.8. The molecule has 134 valence electrons. The quantitative estimate of drug-likeness (QED) is 0.642. The van der Waals surface area contributed by atoms with Crippen LogP contribution < -0.4 is 9.47 Å². The van der Waals surface area contributed by atoms with Crippen molar-refractivity contribution < 1.29 is 19.3 Å². The molecule has 26 heavy (non-hydrogen) atoms. The van der Waals surface area contributed by atoms with Gasteiger partial charge in [-0.05, 0) is 29.8 Å². The van der Waals surface area contributed by atoms with Gasteiger partial charge in [-0.25, -0.2) is 4.98 Å². The van der Waals surface area contributed by atoms with Crippen LogP contribution in [-0.2, 0) is 11.3 Å². The van der Waals surface area contributed by atoms with Crippen molar-refractivity contribution in [2.24, 2.45) is 0 Å². The lowest BCUT2D eigenvalue weighted by atomic mass is 10.2. The van der Waals surface area contributed by atoms with Gasteiger partial charge in [-0.15, -0.1) is 11.8 Å². The minimum atomic E-state index is -0.553. The third kappa shape index (κ3) is 4.09. The minimum Gasteiger partial charge on any atom is -0.454 e. The number of para-hydroxylation sites is 1. The molecule has 0 saturated heterocycles. The Morgan fingerprint density at radius 3 is 2.92 bits per heavy atom. The summed E-state index contributed by atoms with van der Waals surface area (Å²) in [6.45, 7) is 0.958. The van der Waals surface area contributed by atoms with E-state index in [9.17, 15) is 5.11 Å². The van der Waals surface area contributed by atoms with E-state index in [4.69, 9.17) is 14.2 Å². The zero-order valence-corrected chi connectivity index (χ0v) is 14.9. The maximum Gasteiger partial charge on any atom is 0.231 e. The first kappa shape index (κ1) is 17.1. The van der Waals surface area contributed by atoms with Gasteiger partial charge in [0.1, 0.15) is 0 Å². The molecule has 0 saturated carbocycles. The van der Waals surface area contributed by atoms with E-state index in [1.54, 1.807) is 0 Å². The Morgan fingerprint density at radius 2 is 1.96 bits per heavy atom. The second-order valence-electron chi connectivity index (χ2n) is 6.01. The summed E-state index contributed by atoms with van der Waals surface area (Å²) >= 11 is 1.53. The van der Waals surface area contributed by atoms with Gasteiger partial charge in [0.2, 0.25) is 6.79 Å². The number of benzene rings is 2. The molecule has 0 unspecified atom stereocenters. The Kier molecular flexibility index (Phi) is 5.24. The van der Waals surface area contributed by atoms with E-state index in [2.05, 4.69) is 4.98 Å². The lowest BCUT2D eigenvalue weighted by molar-refractivity contribution is 0.0397. The molecular formula is C20H19NO4S. The first-order valence-corrected chi connectivity index (χ1v) is 9.39. The molecule has 6 heteroatoms. The summed E-state index contributed by atoms with van der Waals surface area (Å²) < 4.78 is 16.3. The van der Waals surface area contributed by atoms with Crippen LogP contribution in [0.15, 0.2) is 59.6 Å². The number of rotatable bonds is 7. The number of pyridine rings is 1. The minimum absolute atomic E-state index is 0.262. The lowest BCUT2D eigenvalue weighted by Gasteiger charge is -2.11. The van der Waals surface area contributed by atoms with Gasteiger partial charge in [0, 0.05) is 11.1 Å². The van der Waals surface area contributed by atoms with Crippen LogP contribution in [0.25, 0.3) is 10.9 Å². The Balaban J connectivity index is 1.24. The molecule has 1 N–H and O–H groups in total. The first-order valence-electron chi connectivity index (χ1n) is 8.41. The highest BCUT2D eigenvalue weighted by Gasteiger charge is 2.13. The molecule has 1 aliphatic rings. The number of aliphatic hydroxyl groups excluding tert-OH is 1. The van der Waals surface area contributed by atoms with Crippen LogP contribution in [0.2, 0.25) is 0 Å². The molecule has 2 heterocycles. The van der Waals surface area contributed by atoms with Crippen molar-refractivity contribution in [3.8, 4) is 11.5 Å². The third-order valence-electron chi connectivity index (χ3n) is 4.01. The highest BCUT2D eigenvalue weighted by atomic mass is 32.2. The first-order chi connectivity index (χ1) is 12.8. The predicted molar refractivity (Wildman–Crippen MR) is 101 cm³/mol. The number of fused-ring (bicyclic) bond motifs is 2. The Bertz CT molecular complexity index is 902. The summed E-state index contributed by atoms with van der Waals surface area (Å²) in [7, 11) is 0. The average molecular weight is 369 g/mol. The summed E-state index contributed by atoms with van der Waals surface area (Å²) in [6.07, 6.45) is -0.553. The topological polar surface area (TPSA) is 60.8 Å². The SMILES string of the molecule is O[C@H](COCc1ccc2c(c1)OCO2)CSc1ccc2ccccc2n1. The van der Waals surface area contributed by atoms with Crippen molar-refractivity contribution >= 4 is 22.7 Å². The third-order valence-corrected chi connectivity index (χ3v) is 5.09. The molecule has 2 aromatic carbocycles. The molecule has 1 atom stereocenters. The lowest BCUT2D eigenvalue weighted by Crippen LogP contribution is -2.18. The zero-order valence-electron chi connectivity index (χ0n) is 14.1. The predicted octanol–water partition coefficient (Wildman–Crippen LogP) is 3.63. The standard InChI is InChI=1S/C20H19NO4S/c22-16(11-23-10-14-5-7-18-19(9-14)25-13-24-18)12-26-20-8-6-15-3-1-2-4-17(15)21-20/h1-9,16,22H,10-13H2/t16-/m1/s1. The fourth-order valence-corrected chi connectivity index (χ4v) is 3.49. The number of nitrogens with zero attached hydrogens (tertiary/aromatic N) is 1. The van der Waals surface area contributed by atoms with Crippen LogP contribution in [0.3, 0.4) is 0 Å². The summed E-state index contributed by atoms with van der Waals surface area (Å²) in [5.41, 5.74) is 1.95. The van der Waals surface area contributed by atoms with E-state index in [0.29, 0.717) is 12.4 Å². The monoisotopic (exact) mass is 369 g/mol. The van der Waals surface area contributed by atoms with Gasteiger partial charge in [-0.1, -0.05) is 30.3 Å². The van der Waals surface area contributed by atoms with Crippen molar-refractivity contribution in [1.82, 2.24) is 4.98 Å². The Labute approximate surface area is 155 Å². The molecule has 0 spiro atoms. The van der Waals surface area contributed by atoms with Crippen molar-refractivity contribution in [2.45, 2.75) is 17.7 Å². The Morgan fingerprint density at radius 1 is 1.08 bits per heavy atom. The van der Waals surface area contributed by atoms with Crippen LogP contribution in [0.4, 0.5) is 0 Å². The summed E-state index contributed by atoms with van der Waals surface area (Å²) in [5.74, 6) is 2.03. The van der Waals surface area contributed by atoms with Gasteiger partial charge < -0.3 is 19.3 Å². The summed E-state index contributed by atoms with van der Waals surface area (Å²) in [6, 6.07) is 17.7. The van der Waals surface area contributed by atoms with Gasteiger partial charge in [-0.2, -0.15) is 0 Å². The van der Waals surface area contributed by atoms with Crippen LogP contribution >= 0.6 is 11.8 Å². The van der Waals surface area contributed by atoms with Gasteiger partial charge in [0.25, 0.3) is 0 Å². The fraction of sp³-hybridized carbons (Fsp3) is 0.250. The van der Waals surface area contributed by atoms with Crippen molar-refractivity contribution in [3.05, 3.63) is 60.2 Å². The van der Waals surface area contributed by atoms with E-state index in [1.165, 1.54) is 11.8 Å². The van der Waals surface area contributed by atoms with Crippen LogP contribution in [0.5, 0.6) is 11.5 Å². The molecule has 3 aromatic rings. The van der Waals surface area contributed by atoms with Gasteiger partial charge >= 0.3 is 0 Å². The Hall–Kier alpha value is -2.28. The second kappa shape index (κ2) is 7.95. The molecule has 1 aliphatic heterocycles. The second-order valence-corrected chi connectivity index (χ2v) is 7.05. The van der Waals surface area contributed by atoms with E-state index in [1.807, 2.05) is 54.6 Å². The van der Waals surface area contributed by atoms with Crippen molar-refractivity contribution in [1.29, 1.82) is 0 Å². The fourth-order valence-electron chi connectivity index (χ4n) is 2.70. The molecule has 0 aliphatic carbocycles. The smallest absolute Gasteiger partial charge is 0.231 e. The molecule has 0 radical (unpaired) electrons. The maximum atomic E-state index is 10.1. The van der Waals surface area contributed by atoms with E-state index in [-0.39, 0.29) is 13.4 Å².